The lowest BCUT2D eigenvalue weighted by Crippen LogP contribution is -2.53. The highest BCUT2D eigenvalue weighted by molar-refractivity contribution is 5.74. The third-order valence-electron chi connectivity index (χ3n) is 8.85. The monoisotopic (exact) mass is 604 g/mol. The number of fused-ring (bicyclic) bond motifs is 2. The molecule has 3 aliphatic heterocycles. The zero-order valence-corrected chi connectivity index (χ0v) is 26.4. The van der Waals surface area contributed by atoms with E-state index in [2.05, 4.69) is 27.2 Å². The first-order valence-electron chi connectivity index (χ1n) is 15.7. The van der Waals surface area contributed by atoms with Crippen molar-refractivity contribution in [2.45, 2.75) is 95.7 Å². The average Bonchev–Trinajstić information content (AvgIpc) is 3.62. The number of amides is 1. The lowest BCUT2D eigenvalue weighted by Gasteiger charge is -2.42. The van der Waals surface area contributed by atoms with Crippen LogP contribution >= 0.6 is 0 Å². The summed E-state index contributed by atoms with van der Waals surface area (Å²) in [7, 11) is 3.67. The van der Waals surface area contributed by atoms with Gasteiger partial charge in [0.2, 0.25) is 0 Å². The fraction of sp³-hybridized carbons (Fsp3) is 0.576. The molecule has 11 heteroatoms. The minimum Gasteiger partial charge on any atom is -0.467 e. The number of carbonyl (C=O) groups is 1. The minimum atomic E-state index is -0.497. The van der Waals surface area contributed by atoms with Crippen molar-refractivity contribution < 1.29 is 23.7 Å². The normalized spacial score (nSPS) is 23.4. The van der Waals surface area contributed by atoms with Crippen molar-refractivity contribution in [3.05, 3.63) is 42.7 Å². The molecule has 2 bridgehead atoms. The second kappa shape index (κ2) is 12.7. The van der Waals surface area contributed by atoms with Gasteiger partial charge in [0.15, 0.2) is 12.6 Å². The average molecular weight is 605 g/mol. The smallest absolute Gasteiger partial charge is 0.410 e. The summed E-state index contributed by atoms with van der Waals surface area (Å²) in [4.78, 5) is 17.1. The molecule has 3 aliphatic rings. The number of benzene rings is 1. The maximum atomic E-state index is 12.9. The Hall–Kier alpha value is -3.70. The van der Waals surface area contributed by atoms with Gasteiger partial charge in [-0.25, -0.2) is 9.48 Å². The second-order valence-electron chi connectivity index (χ2n) is 13.1. The van der Waals surface area contributed by atoms with Crippen LogP contribution in [0.15, 0.2) is 42.7 Å². The lowest BCUT2D eigenvalue weighted by atomic mass is 9.96. The van der Waals surface area contributed by atoms with Crippen LogP contribution in [0, 0.1) is 0 Å². The maximum absolute atomic E-state index is 12.9. The molecule has 236 valence electrons. The number of nitrogens with zero attached hydrogens (tertiary/aromatic N) is 6. The third kappa shape index (κ3) is 6.53. The van der Waals surface area contributed by atoms with E-state index >= 15 is 0 Å². The largest absolute Gasteiger partial charge is 0.467 e. The van der Waals surface area contributed by atoms with Crippen LogP contribution in [0.25, 0.3) is 22.4 Å². The predicted molar refractivity (Wildman–Crippen MR) is 166 cm³/mol. The molecule has 3 aromatic rings. The Morgan fingerprint density at radius 2 is 1.84 bits per heavy atom. The number of piperidine rings is 1. The molecule has 5 heterocycles. The molecule has 0 spiro atoms. The Morgan fingerprint density at radius 3 is 2.50 bits per heavy atom. The van der Waals surface area contributed by atoms with E-state index in [0.29, 0.717) is 11.4 Å². The molecular formula is C33H44N6O5. The zero-order valence-electron chi connectivity index (χ0n) is 26.4. The molecule has 4 atom stereocenters. The van der Waals surface area contributed by atoms with Crippen molar-refractivity contribution >= 4 is 11.9 Å². The van der Waals surface area contributed by atoms with Crippen LogP contribution < -0.4 is 9.64 Å². The first kappa shape index (κ1) is 30.3. The van der Waals surface area contributed by atoms with Gasteiger partial charge in [-0.3, -0.25) is 0 Å². The molecular weight excluding hydrogens is 560 g/mol. The van der Waals surface area contributed by atoms with E-state index in [1.165, 1.54) is 0 Å². The Balaban J connectivity index is 1.16. The zero-order chi connectivity index (χ0) is 30.8. The summed E-state index contributed by atoms with van der Waals surface area (Å²) in [5, 5.41) is 13.8. The molecule has 44 heavy (non-hydrogen) atoms. The number of rotatable bonds is 8. The highest BCUT2D eigenvalue weighted by Gasteiger charge is 2.46. The number of carbonyl (C=O) groups excluding carboxylic acids is 1. The van der Waals surface area contributed by atoms with Crippen molar-refractivity contribution in [3.63, 3.8) is 0 Å². The van der Waals surface area contributed by atoms with Gasteiger partial charge in [0, 0.05) is 56.2 Å². The van der Waals surface area contributed by atoms with E-state index in [9.17, 15) is 4.79 Å². The minimum absolute atomic E-state index is 0.0133. The summed E-state index contributed by atoms with van der Waals surface area (Å²) in [6.07, 6.45) is 10.7. The van der Waals surface area contributed by atoms with Crippen LogP contribution in [0.4, 0.5) is 10.6 Å². The van der Waals surface area contributed by atoms with E-state index in [1.54, 1.807) is 7.11 Å². The van der Waals surface area contributed by atoms with Crippen molar-refractivity contribution in [2.24, 2.45) is 0 Å². The Kier molecular flexibility index (Phi) is 8.77. The summed E-state index contributed by atoms with van der Waals surface area (Å²) in [6.45, 7) is 6.64. The van der Waals surface area contributed by atoms with Gasteiger partial charge in [-0.2, -0.15) is 5.10 Å². The number of anilines is 1. The number of hydrogen-bond acceptors (Lipinski definition) is 9. The second-order valence-corrected chi connectivity index (χ2v) is 13.1. The van der Waals surface area contributed by atoms with E-state index in [-0.39, 0.29) is 37.2 Å². The summed E-state index contributed by atoms with van der Waals surface area (Å²) in [5.74, 6) is 1.46. The topological polar surface area (TPSA) is 104 Å². The third-order valence-corrected chi connectivity index (χ3v) is 8.85. The van der Waals surface area contributed by atoms with Crippen molar-refractivity contribution in [1.82, 2.24) is 24.9 Å². The van der Waals surface area contributed by atoms with Gasteiger partial charge in [-0.15, -0.1) is 10.2 Å². The summed E-state index contributed by atoms with van der Waals surface area (Å²) < 4.78 is 24.7. The predicted octanol–water partition coefficient (Wildman–Crippen LogP) is 6.06. The molecule has 0 saturated carbocycles. The van der Waals surface area contributed by atoms with Gasteiger partial charge < -0.3 is 28.7 Å². The highest BCUT2D eigenvalue weighted by Crippen LogP contribution is 2.40. The van der Waals surface area contributed by atoms with E-state index in [0.717, 1.165) is 74.1 Å². The van der Waals surface area contributed by atoms with E-state index in [4.69, 9.17) is 18.9 Å². The molecule has 2 unspecified atom stereocenters. The van der Waals surface area contributed by atoms with Crippen molar-refractivity contribution in [1.29, 1.82) is 0 Å². The Morgan fingerprint density at radius 1 is 1.05 bits per heavy atom. The highest BCUT2D eigenvalue weighted by atomic mass is 16.7. The van der Waals surface area contributed by atoms with E-state index in [1.807, 2.05) is 73.1 Å². The quantitative estimate of drug-likeness (QED) is 0.284. The van der Waals surface area contributed by atoms with Gasteiger partial charge in [0.1, 0.15) is 17.6 Å². The number of hydrogen-bond donors (Lipinski definition) is 0. The number of methoxy groups -OCH3 is 1. The van der Waals surface area contributed by atoms with Gasteiger partial charge in [0.05, 0.1) is 11.9 Å². The standard InChI is InChI=1S/C33H44N6O5/c1-33(2,3)44-32(40)39-24-10-11-25(39)18-26(17-24)37(4)30-14-13-28(35-36-30)27-12-9-22(16-29(27)43-21-41-5)23-19-34-38(20-23)31-8-6-7-15-42-31/h9,12-14,16,19-20,24-26,31H,6-8,10-11,15,17-18,21H2,1-5H3/t24-,25+,26?,31?. The Bertz CT molecular complexity index is 1420. The first-order valence-corrected chi connectivity index (χ1v) is 15.7. The Labute approximate surface area is 259 Å². The fourth-order valence-corrected chi connectivity index (χ4v) is 6.65. The molecule has 2 aromatic heterocycles. The molecule has 3 fully saturated rings. The van der Waals surface area contributed by atoms with Crippen LogP contribution in [0.1, 0.15) is 71.9 Å². The molecule has 3 saturated heterocycles. The van der Waals surface area contributed by atoms with Crippen molar-refractivity contribution in [2.75, 3.05) is 32.5 Å². The lowest BCUT2D eigenvalue weighted by molar-refractivity contribution is -0.0394. The van der Waals surface area contributed by atoms with Gasteiger partial charge in [-0.05, 0) is 95.5 Å². The molecule has 1 aromatic carbocycles. The molecule has 6 rings (SSSR count). The van der Waals surface area contributed by atoms with Crippen LogP contribution in [0.3, 0.4) is 0 Å². The first-order chi connectivity index (χ1) is 21.2. The molecule has 1 amide bonds. The molecule has 0 radical (unpaired) electrons. The summed E-state index contributed by atoms with van der Waals surface area (Å²) in [5.41, 5.74) is 3.02. The summed E-state index contributed by atoms with van der Waals surface area (Å²) >= 11 is 0. The van der Waals surface area contributed by atoms with Crippen LogP contribution in [0.2, 0.25) is 0 Å². The molecule has 0 N–H and O–H groups in total. The fourth-order valence-electron chi connectivity index (χ4n) is 6.65. The van der Waals surface area contributed by atoms with Crippen molar-refractivity contribution in [3.8, 4) is 28.1 Å². The maximum Gasteiger partial charge on any atom is 0.410 e. The van der Waals surface area contributed by atoms with Crippen LogP contribution in [-0.2, 0) is 14.2 Å². The van der Waals surface area contributed by atoms with Gasteiger partial charge in [0.25, 0.3) is 0 Å². The number of aromatic nitrogens is 4. The SMILES string of the molecule is COCOc1cc(-c2cnn(C3CCCCO3)c2)ccc1-c1ccc(N(C)C2C[C@H]3CC[C@@H](C2)N3C(=O)OC(C)(C)C)nn1. The molecule has 0 aliphatic carbocycles. The molecule has 11 nitrogen and oxygen atoms in total. The number of ether oxygens (including phenoxy) is 4. The van der Waals surface area contributed by atoms with Gasteiger partial charge in [-0.1, -0.05) is 6.07 Å². The van der Waals surface area contributed by atoms with Crippen LogP contribution in [0.5, 0.6) is 5.75 Å². The van der Waals surface area contributed by atoms with Crippen LogP contribution in [-0.4, -0.2) is 82.3 Å². The van der Waals surface area contributed by atoms with Gasteiger partial charge >= 0.3 is 6.09 Å². The van der Waals surface area contributed by atoms with E-state index < -0.39 is 5.60 Å². The summed E-state index contributed by atoms with van der Waals surface area (Å²) in [6, 6.07) is 10.7.